The van der Waals surface area contributed by atoms with E-state index in [0.29, 0.717) is 11.2 Å². The van der Waals surface area contributed by atoms with E-state index in [1.165, 1.54) is 21.6 Å². The molecule has 0 amide bonds. The average molecular weight is 343 g/mol. The number of quaternary nitrogens is 1. The zero-order valence-corrected chi connectivity index (χ0v) is 15.8. The third-order valence-electron chi connectivity index (χ3n) is 4.29. The van der Waals surface area contributed by atoms with Crippen LogP contribution in [0.15, 0.2) is 48.5 Å². The van der Waals surface area contributed by atoms with Crippen LogP contribution in [0.4, 0.5) is 5.69 Å². The van der Waals surface area contributed by atoms with Gasteiger partial charge in [-0.2, -0.15) is 0 Å². The Balaban J connectivity index is 1.91. The van der Waals surface area contributed by atoms with E-state index >= 15 is 0 Å². The molecule has 0 aliphatic heterocycles. The van der Waals surface area contributed by atoms with Crippen molar-refractivity contribution < 1.29 is 4.90 Å². The average Bonchev–Trinajstić information content (AvgIpc) is 2.55. The maximum atomic E-state index is 5.48. The fourth-order valence-electron chi connectivity index (χ4n) is 2.63. The minimum Gasteiger partial charge on any atom is -0.356 e. The Kier molecular flexibility index (Phi) is 6.76. The summed E-state index contributed by atoms with van der Waals surface area (Å²) in [4.78, 5) is 1.42. The number of nitrogens with one attached hydrogen (secondary N) is 3. The number of aryl methyl sites for hydroxylation is 2. The molecule has 1 atom stereocenters. The first-order valence-corrected chi connectivity index (χ1v) is 8.82. The second-order valence-electron chi connectivity index (χ2n) is 6.62. The van der Waals surface area contributed by atoms with Crippen LogP contribution in [0, 0.1) is 13.8 Å². The molecule has 0 fully saturated rings. The van der Waals surface area contributed by atoms with Crippen molar-refractivity contribution in [3.05, 3.63) is 65.2 Å². The van der Waals surface area contributed by atoms with E-state index in [1.54, 1.807) is 0 Å². The van der Waals surface area contributed by atoms with Gasteiger partial charge in [-0.3, -0.25) is 0 Å². The molecule has 0 spiro atoms. The normalized spacial score (nSPS) is 12.0. The molecular formula is C20H28N3S+. The second-order valence-corrected chi connectivity index (χ2v) is 7.03. The van der Waals surface area contributed by atoms with Crippen molar-refractivity contribution in [1.29, 1.82) is 0 Å². The van der Waals surface area contributed by atoms with Gasteiger partial charge in [-0.15, -0.1) is 0 Å². The summed E-state index contributed by atoms with van der Waals surface area (Å²) in [6.07, 6.45) is 1.03. The molecule has 0 bridgehead atoms. The maximum Gasteiger partial charge on any atom is 0.171 e. The highest BCUT2D eigenvalue weighted by molar-refractivity contribution is 7.80. The monoisotopic (exact) mass is 342 g/mol. The van der Waals surface area contributed by atoms with E-state index in [4.69, 9.17) is 12.2 Å². The van der Waals surface area contributed by atoms with Crippen LogP contribution in [0.2, 0.25) is 0 Å². The lowest BCUT2D eigenvalue weighted by molar-refractivity contribution is -0.884. The standard InChI is InChI=1S/C20H27N3S/c1-15-10-11-16(2)19(12-15)22-20(24)21-14-18(23(3)4)13-17-8-6-5-7-9-17/h5-12,18H,13-14H2,1-4H3,(H2,21,22,24)/p+1/t18-/m0/s1. The Morgan fingerprint density at radius 2 is 1.79 bits per heavy atom. The summed E-state index contributed by atoms with van der Waals surface area (Å²) < 4.78 is 0. The number of hydrogen-bond acceptors (Lipinski definition) is 1. The van der Waals surface area contributed by atoms with Gasteiger partial charge in [-0.1, -0.05) is 42.5 Å². The summed E-state index contributed by atoms with van der Waals surface area (Å²) in [5, 5.41) is 7.38. The summed E-state index contributed by atoms with van der Waals surface area (Å²) >= 11 is 5.48. The Morgan fingerprint density at radius 3 is 2.46 bits per heavy atom. The van der Waals surface area contributed by atoms with Gasteiger partial charge in [0.1, 0.15) is 6.04 Å². The van der Waals surface area contributed by atoms with Gasteiger partial charge in [0.05, 0.1) is 20.6 Å². The maximum absolute atomic E-state index is 5.48. The van der Waals surface area contributed by atoms with Crippen molar-refractivity contribution in [2.24, 2.45) is 0 Å². The van der Waals surface area contributed by atoms with Crippen molar-refractivity contribution in [2.45, 2.75) is 26.3 Å². The van der Waals surface area contributed by atoms with Crippen molar-refractivity contribution >= 4 is 23.0 Å². The summed E-state index contributed by atoms with van der Waals surface area (Å²) in [7, 11) is 4.38. The van der Waals surface area contributed by atoms with Gasteiger partial charge in [0.15, 0.2) is 5.11 Å². The molecule has 0 aliphatic carbocycles. The van der Waals surface area contributed by atoms with Gasteiger partial charge in [0.25, 0.3) is 0 Å². The highest BCUT2D eigenvalue weighted by atomic mass is 32.1. The molecule has 24 heavy (non-hydrogen) atoms. The first kappa shape index (κ1) is 18.4. The highest BCUT2D eigenvalue weighted by Gasteiger charge is 2.16. The van der Waals surface area contributed by atoms with Crippen LogP contribution in [0.25, 0.3) is 0 Å². The topological polar surface area (TPSA) is 28.5 Å². The van der Waals surface area contributed by atoms with E-state index in [9.17, 15) is 0 Å². The smallest absolute Gasteiger partial charge is 0.171 e. The molecule has 2 aromatic carbocycles. The SMILES string of the molecule is Cc1ccc(C)c(NC(=S)NC[C@H](Cc2ccccc2)[NH+](C)C)c1. The highest BCUT2D eigenvalue weighted by Crippen LogP contribution is 2.16. The number of thiocarbonyl (C=S) groups is 1. The lowest BCUT2D eigenvalue weighted by Crippen LogP contribution is -3.11. The summed E-state index contributed by atoms with van der Waals surface area (Å²) in [5.74, 6) is 0. The number of benzene rings is 2. The van der Waals surface area contributed by atoms with Crippen LogP contribution in [0.5, 0.6) is 0 Å². The molecule has 4 heteroatoms. The Morgan fingerprint density at radius 1 is 1.08 bits per heavy atom. The van der Waals surface area contributed by atoms with Crippen molar-refractivity contribution in [1.82, 2.24) is 5.32 Å². The zero-order chi connectivity index (χ0) is 17.5. The third-order valence-corrected chi connectivity index (χ3v) is 4.54. The fourth-order valence-corrected chi connectivity index (χ4v) is 2.83. The predicted molar refractivity (Wildman–Crippen MR) is 107 cm³/mol. The molecule has 2 aromatic rings. The van der Waals surface area contributed by atoms with E-state index < -0.39 is 0 Å². The lowest BCUT2D eigenvalue weighted by Gasteiger charge is -2.23. The van der Waals surface area contributed by atoms with E-state index in [1.807, 2.05) is 0 Å². The largest absolute Gasteiger partial charge is 0.356 e. The third kappa shape index (κ3) is 5.62. The Bertz CT molecular complexity index is 668. The number of likely N-dealkylation sites (N-methyl/N-ethyl adjacent to an activating group) is 1. The molecule has 128 valence electrons. The van der Waals surface area contributed by atoms with Crippen molar-refractivity contribution in [3.63, 3.8) is 0 Å². The lowest BCUT2D eigenvalue weighted by atomic mass is 10.1. The molecular weight excluding hydrogens is 314 g/mol. The molecule has 2 rings (SSSR count). The summed E-state index contributed by atoms with van der Waals surface area (Å²) in [5.41, 5.74) is 4.86. The molecule has 0 saturated heterocycles. The Labute approximate surface area is 151 Å². The van der Waals surface area contributed by atoms with Crippen LogP contribution in [0.1, 0.15) is 16.7 Å². The number of anilines is 1. The molecule has 0 heterocycles. The van der Waals surface area contributed by atoms with Crippen LogP contribution in [-0.4, -0.2) is 31.8 Å². The molecule has 0 aromatic heterocycles. The second kappa shape index (κ2) is 8.81. The van der Waals surface area contributed by atoms with Gasteiger partial charge in [-0.05, 0) is 48.8 Å². The fraction of sp³-hybridized carbons (Fsp3) is 0.350. The minimum atomic E-state index is 0.464. The molecule has 0 radical (unpaired) electrons. The zero-order valence-electron chi connectivity index (χ0n) is 15.0. The Hall–Kier alpha value is -1.91. The molecule has 0 unspecified atom stereocenters. The van der Waals surface area contributed by atoms with Crippen LogP contribution >= 0.6 is 12.2 Å². The van der Waals surface area contributed by atoms with E-state index in [2.05, 4.69) is 87.1 Å². The minimum absolute atomic E-state index is 0.464. The molecule has 3 nitrogen and oxygen atoms in total. The van der Waals surface area contributed by atoms with Gasteiger partial charge < -0.3 is 15.5 Å². The van der Waals surface area contributed by atoms with Crippen LogP contribution in [-0.2, 0) is 6.42 Å². The first-order chi connectivity index (χ1) is 11.5. The van der Waals surface area contributed by atoms with Crippen LogP contribution < -0.4 is 15.5 Å². The van der Waals surface area contributed by atoms with Gasteiger partial charge in [0, 0.05) is 12.1 Å². The molecule has 0 saturated carbocycles. The number of hydrogen-bond donors (Lipinski definition) is 3. The van der Waals surface area contributed by atoms with Gasteiger partial charge >= 0.3 is 0 Å². The van der Waals surface area contributed by atoms with Crippen molar-refractivity contribution in [2.75, 3.05) is 26.0 Å². The van der Waals surface area contributed by atoms with Gasteiger partial charge in [0.2, 0.25) is 0 Å². The molecule has 0 aliphatic rings. The van der Waals surface area contributed by atoms with Crippen molar-refractivity contribution in [3.8, 4) is 0 Å². The summed E-state index contributed by atoms with van der Waals surface area (Å²) in [6, 6.07) is 17.4. The van der Waals surface area contributed by atoms with Gasteiger partial charge in [-0.25, -0.2) is 0 Å². The summed E-state index contributed by atoms with van der Waals surface area (Å²) in [6.45, 7) is 5.02. The first-order valence-electron chi connectivity index (χ1n) is 8.42. The molecule has 3 N–H and O–H groups in total. The quantitative estimate of drug-likeness (QED) is 0.704. The van der Waals surface area contributed by atoms with E-state index in [0.717, 1.165) is 18.7 Å². The number of rotatable bonds is 6. The predicted octanol–water partition coefficient (Wildman–Crippen LogP) is 2.35. The van der Waals surface area contributed by atoms with Crippen LogP contribution in [0.3, 0.4) is 0 Å². The van der Waals surface area contributed by atoms with E-state index in [-0.39, 0.29) is 0 Å².